The number of likely N-dealkylation sites (tertiary alicyclic amines) is 1. The number of carbonyl (C=O) groups excluding carboxylic acids is 1. The van der Waals surface area contributed by atoms with Gasteiger partial charge in [0.05, 0.1) is 5.60 Å². The summed E-state index contributed by atoms with van der Waals surface area (Å²) < 4.78 is 0. The number of rotatable bonds is 6. The monoisotopic (exact) mass is 256 g/mol. The molecule has 4 nitrogen and oxygen atoms in total. The van der Waals surface area contributed by atoms with Crippen molar-refractivity contribution in [3.8, 4) is 0 Å². The van der Waals surface area contributed by atoms with E-state index in [0.29, 0.717) is 6.42 Å². The normalized spacial score (nSPS) is 19.8. The SMILES string of the molecule is CCN(CC)C(=O)CCCN1CCC(C)(O)CC1. The Balaban J connectivity index is 2.17. The van der Waals surface area contributed by atoms with Gasteiger partial charge in [-0.3, -0.25) is 4.79 Å². The van der Waals surface area contributed by atoms with Gasteiger partial charge in [-0.1, -0.05) is 0 Å². The molecular formula is C14H28N2O2. The summed E-state index contributed by atoms with van der Waals surface area (Å²) in [6, 6.07) is 0. The predicted molar refractivity (Wildman–Crippen MR) is 73.5 cm³/mol. The quantitative estimate of drug-likeness (QED) is 0.783. The highest BCUT2D eigenvalue weighted by atomic mass is 16.3. The number of carbonyl (C=O) groups is 1. The van der Waals surface area contributed by atoms with Gasteiger partial charge in [-0.15, -0.1) is 0 Å². The Morgan fingerprint density at radius 3 is 2.33 bits per heavy atom. The van der Waals surface area contributed by atoms with Crippen molar-refractivity contribution in [1.82, 2.24) is 9.80 Å². The Kier molecular flexibility index (Phi) is 6.09. The van der Waals surface area contributed by atoms with Crippen LogP contribution in [0.4, 0.5) is 0 Å². The van der Waals surface area contributed by atoms with Crippen molar-refractivity contribution in [3.05, 3.63) is 0 Å². The van der Waals surface area contributed by atoms with E-state index in [1.165, 1.54) is 0 Å². The van der Waals surface area contributed by atoms with Gasteiger partial charge in [-0.25, -0.2) is 0 Å². The van der Waals surface area contributed by atoms with Crippen LogP contribution >= 0.6 is 0 Å². The molecule has 1 saturated heterocycles. The van der Waals surface area contributed by atoms with Crippen molar-refractivity contribution in [3.63, 3.8) is 0 Å². The number of hydrogen-bond donors (Lipinski definition) is 1. The predicted octanol–water partition coefficient (Wildman–Crippen LogP) is 1.48. The fraction of sp³-hybridized carbons (Fsp3) is 0.929. The fourth-order valence-corrected chi connectivity index (χ4v) is 2.45. The molecule has 0 spiro atoms. The second-order valence-electron chi connectivity index (χ2n) is 5.51. The molecule has 18 heavy (non-hydrogen) atoms. The summed E-state index contributed by atoms with van der Waals surface area (Å²) in [6.07, 6.45) is 3.26. The van der Waals surface area contributed by atoms with Gasteiger partial charge >= 0.3 is 0 Å². The maximum Gasteiger partial charge on any atom is 0.222 e. The molecule has 0 aromatic carbocycles. The molecule has 0 unspecified atom stereocenters. The molecule has 0 aromatic heterocycles. The van der Waals surface area contributed by atoms with Crippen molar-refractivity contribution >= 4 is 5.91 Å². The number of piperidine rings is 1. The molecule has 0 atom stereocenters. The van der Waals surface area contributed by atoms with E-state index in [1.807, 2.05) is 25.7 Å². The van der Waals surface area contributed by atoms with Gasteiger partial charge in [-0.05, 0) is 46.6 Å². The first kappa shape index (κ1) is 15.4. The van der Waals surface area contributed by atoms with Crippen molar-refractivity contribution in [2.75, 3.05) is 32.7 Å². The fourth-order valence-electron chi connectivity index (χ4n) is 2.45. The third-order valence-electron chi connectivity index (χ3n) is 3.91. The lowest BCUT2D eigenvalue weighted by Crippen LogP contribution is -2.42. The summed E-state index contributed by atoms with van der Waals surface area (Å²) in [5.41, 5.74) is -0.479. The van der Waals surface area contributed by atoms with E-state index < -0.39 is 5.60 Å². The van der Waals surface area contributed by atoms with Gasteiger partial charge in [-0.2, -0.15) is 0 Å². The maximum atomic E-state index is 11.8. The first-order valence-electron chi connectivity index (χ1n) is 7.21. The molecule has 4 heteroatoms. The van der Waals surface area contributed by atoms with Crippen LogP contribution in [0.3, 0.4) is 0 Å². The molecule has 0 saturated carbocycles. The summed E-state index contributed by atoms with van der Waals surface area (Å²) in [5, 5.41) is 9.86. The van der Waals surface area contributed by atoms with Crippen molar-refractivity contribution in [1.29, 1.82) is 0 Å². The third-order valence-corrected chi connectivity index (χ3v) is 3.91. The highest BCUT2D eigenvalue weighted by Crippen LogP contribution is 2.21. The Morgan fingerprint density at radius 1 is 1.28 bits per heavy atom. The van der Waals surface area contributed by atoms with Crippen LogP contribution in [0.2, 0.25) is 0 Å². The molecule has 1 heterocycles. The topological polar surface area (TPSA) is 43.8 Å². The van der Waals surface area contributed by atoms with Gasteiger partial charge in [0.15, 0.2) is 0 Å². The van der Waals surface area contributed by atoms with E-state index in [-0.39, 0.29) is 5.91 Å². The van der Waals surface area contributed by atoms with Gasteiger partial charge < -0.3 is 14.9 Å². The first-order chi connectivity index (χ1) is 8.48. The van der Waals surface area contributed by atoms with E-state index in [2.05, 4.69) is 4.90 Å². The van der Waals surface area contributed by atoms with E-state index in [9.17, 15) is 9.90 Å². The molecule has 1 aliphatic heterocycles. The molecule has 106 valence electrons. The second-order valence-corrected chi connectivity index (χ2v) is 5.51. The number of hydrogen-bond acceptors (Lipinski definition) is 3. The zero-order valence-corrected chi connectivity index (χ0v) is 12.1. The summed E-state index contributed by atoms with van der Waals surface area (Å²) in [6.45, 7) is 10.4. The number of nitrogens with zero attached hydrogens (tertiary/aromatic N) is 2. The zero-order chi connectivity index (χ0) is 13.6. The molecule has 1 fully saturated rings. The molecule has 1 aliphatic rings. The molecule has 0 bridgehead atoms. The third kappa shape index (κ3) is 4.94. The number of amides is 1. The minimum Gasteiger partial charge on any atom is -0.390 e. The van der Waals surface area contributed by atoms with Gasteiger partial charge in [0, 0.05) is 32.6 Å². The smallest absolute Gasteiger partial charge is 0.222 e. The van der Waals surface area contributed by atoms with E-state index in [0.717, 1.165) is 52.0 Å². The van der Waals surface area contributed by atoms with Crippen LogP contribution in [-0.4, -0.2) is 59.1 Å². The van der Waals surface area contributed by atoms with Gasteiger partial charge in [0.2, 0.25) is 5.91 Å². The Labute approximate surface area is 111 Å². The van der Waals surface area contributed by atoms with Gasteiger partial charge in [0.1, 0.15) is 0 Å². The molecular weight excluding hydrogens is 228 g/mol. The molecule has 1 amide bonds. The zero-order valence-electron chi connectivity index (χ0n) is 12.1. The summed E-state index contributed by atoms with van der Waals surface area (Å²) in [4.78, 5) is 16.1. The molecule has 0 aliphatic carbocycles. The van der Waals surface area contributed by atoms with E-state index in [4.69, 9.17) is 0 Å². The van der Waals surface area contributed by atoms with Crippen LogP contribution in [-0.2, 0) is 4.79 Å². The molecule has 0 aromatic rings. The standard InChI is InChI=1S/C14H28N2O2/c1-4-16(5-2)13(17)7-6-10-15-11-8-14(3,18)9-12-15/h18H,4-12H2,1-3H3. The Bertz CT molecular complexity index is 253. The van der Waals surface area contributed by atoms with Crippen molar-refractivity contribution in [2.24, 2.45) is 0 Å². The first-order valence-corrected chi connectivity index (χ1v) is 7.21. The Hall–Kier alpha value is -0.610. The minimum atomic E-state index is -0.479. The highest BCUT2D eigenvalue weighted by Gasteiger charge is 2.26. The van der Waals surface area contributed by atoms with Crippen molar-refractivity contribution < 1.29 is 9.90 Å². The summed E-state index contributed by atoms with van der Waals surface area (Å²) in [5.74, 6) is 0.268. The summed E-state index contributed by atoms with van der Waals surface area (Å²) in [7, 11) is 0. The minimum absolute atomic E-state index is 0.268. The lowest BCUT2D eigenvalue weighted by Gasteiger charge is -2.35. The van der Waals surface area contributed by atoms with Crippen LogP contribution in [0.15, 0.2) is 0 Å². The lowest BCUT2D eigenvalue weighted by atomic mass is 9.94. The Morgan fingerprint density at radius 2 is 1.83 bits per heavy atom. The van der Waals surface area contributed by atoms with Gasteiger partial charge in [0.25, 0.3) is 0 Å². The average molecular weight is 256 g/mol. The van der Waals surface area contributed by atoms with Crippen LogP contribution in [0.1, 0.15) is 46.5 Å². The van der Waals surface area contributed by atoms with Crippen LogP contribution in [0.25, 0.3) is 0 Å². The molecule has 1 rings (SSSR count). The van der Waals surface area contributed by atoms with Crippen LogP contribution < -0.4 is 0 Å². The van der Waals surface area contributed by atoms with Crippen molar-refractivity contribution in [2.45, 2.75) is 52.1 Å². The maximum absolute atomic E-state index is 11.8. The van der Waals surface area contributed by atoms with Crippen LogP contribution in [0, 0.1) is 0 Å². The highest BCUT2D eigenvalue weighted by molar-refractivity contribution is 5.76. The van der Waals surface area contributed by atoms with E-state index >= 15 is 0 Å². The molecule has 1 N–H and O–H groups in total. The second kappa shape index (κ2) is 7.10. The largest absolute Gasteiger partial charge is 0.390 e. The average Bonchev–Trinajstić information content (AvgIpc) is 2.33. The molecule has 0 radical (unpaired) electrons. The summed E-state index contributed by atoms with van der Waals surface area (Å²) >= 11 is 0. The van der Waals surface area contributed by atoms with E-state index in [1.54, 1.807) is 0 Å². The number of aliphatic hydroxyl groups is 1. The van der Waals surface area contributed by atoms with Crippen LogP contribution in [0.5, 0.6) is 0 Å². The lowest BCUT2D eigenvalue weighted by molar-refractivity contribution is -0.131.